The second-order valence-corrected chi connectivity index (χ2v) is 4.48. The average molecular weight is 249 g/mol. The maximum atomic E-state index is 11.7. The molecule has 1 amide bonds. The topological polar surface area (TPSA) is 58.4 Å². The molecule has 4 nitrogen and oxygen atoms in total. The molecule has 0 atom stereocenters. The van der Waals surface area contributed by atoms with Gasteiger partial charge in [0.2, 0.25) is 5.91 Å². The Labute approximate surface area is 106 Å². The number of piperidine rings is 1. The summed E-state index contributed by atoms with van der Waals surface area (Å²) in [4.78, 5) is 13.6. The van der Waals surface area contributed by atoms with Crippen molar-refractivity contribution >= 4 is 34.6 Å². The summed E-state index contributed by atoms with van der Waals surface area (Å²) in [5, 5.41) is 3.09. The minimum atomic E-state index is 0.200. The number of hydrogen-bond acceptors (Lipinski definition) is 2. The number of nitrogens with one attached hydrogen (secondary N) is 1. The zero-order chi connectivity index (χ0) is 12.3. The highest BCUT2D eigenvalue weighted by Crippen LogP contribution is 2.22. The van der Waals surface area contributed by atoms with Crippen LogP contribution in [0.1, 0.15) is 19.3 Å². The molecule has 17 heavy (non-hydrogen) atoms. The molecule has 0 saturated carbocycles. The fraction of sp³-hybridized carbons (Fsp3) is 0.333. The van der Waals surface area contributed by atoms with Gasteiger partial charge in [0.25, 0.3) is 0 Å². The van der Waals surface area contributed by atoms with Gasteiger partial charge >= 0.3 is 0 Å². The largest absolute Gasteiger partial charge is 0.376 e. The predicted molar refractivity (Wildman–Crippen MR) is 73.1 cm³/mol. The highest BCUT2D eigenvalue weighted by atomic mass is 32.1. The number of benzene rings is 1. The average Bonchev–Trinajstić information content (AvgIpc) is 2.30. The number of rotatable bonds is 2. The molecule has 2 rings (SSSR count). The standard InChI is InChI=1S/C12H15N3OS/c13-12(17)14-9-4-6-10(7-5-9)15-8-2-1-3-11(15)16/h4-7H,1-3,8H2,(H3,13,14,17). The molecule has 5 heteroatoms. The molecule has 1 aliphatic heterocycles. The zero-order valence-corrected chi connectivity index (χ0v) is 10.3. The zero-order valence-electron chi connectivity index (χ0n) is 9.48. The first kappa shape index (κ1) is 11.9. The SMILES string of the molecule is NC(=S)Nc1ccc(N2CCCCC2=O)cc1. The summed E-state index contributed by atoms with van der Waals surface area (Å²) in [6, 6.07) is 7.56. The van der Waals surface area contributed by atoms with E-state index in [1.54, 1.807) is 0 Å². The molecular formula is C12H15N3OS. The van der Waals surface area contributed by atoms with E-state index in [0.29, 0.717) is 6.42 Å². The third kappa shape index (κ3) is 2.94. The Hall–Kier alpha value is -1.62. The van der Waals surface area contributed by atoms with Crippen LogP contribution in [0.2, 0.25) is 0 Å². The van der Waals surface area contributed by atoms with Crippen molar-refractivity contribution in [2.75, 3.05) is 16.8 Å². The third-order valence-corrected chi connectivity index (χ3v) is 2.87. The van der Waals surface area contributed by atoms with Crippen LogP contribution in [-0.2, 0) is 4.79 Å². The normalized spacial score (nSPS) is 15.8. The summed E-state index contributed by atoms with van der Waals surface area (Å²) < 4.78 is 0. The van der Waals surface area contributed by atoms with Crippen molar-refractivity contribution in [3.05, 3.63) is 24.3 Å². The monoisotopic (exact) mass is 249 g/mol. The molecule has 0 aromatic heterocycles. The van der Waals surface area contributed by atoms with E-state index in [9.17, 15) is 4.79 Å². The molecule has 0 radical (unpaired) electrons. The second kappa shape index (κ2) is 5.14. The molecule has 1 fully saturated rings. The lowest BCUT2D eigenvalue weighted by Crippen LogP contribution is -2.35. The van der Waals surface area contributed by atoms with Crippen LogP contribution in [-0.4, -0.2) is 17.6 Å². The second-order valence-electron chi connectivity index (χ2n) is 4.04. The fourth-order valence-electron chi connectivity index (χ4n) is 1.95. The van der Waals surface area contributed by atoms with E-state index in [1.165, 1.54) is 0 Å². The van der Waals surface area contributed by atoms with Gasteiger partial charge < -0.3 is 16.0 Å². The van der Waals surface area contributed by atoms with Crippen molar-refractivity contribution in [2.24, 2.45) is 5.73 Å². The lowest BCUT2D eigenvalue weighted by atomic mass is 10.1. The number of thiocarbonyl (C=S) groups is 1. The molecule has 0 unspecified atom stereocenters. The first-order valence-electron chi connectivity index (χ1n) is 5.64. The van der Waals surface area contributed by atoms with Crippen LogP contribution in [0.5, 0.6) is 0 Å². The van der Waals surface area contributed by atoms with Crippen LogP contribution in [0.15, 0.2) is 24.3 Å². The highest BCUT2D eigenvalue weighted by molar-refractivity contribution is 7.80. The van der Waals surface area contributed by atoms with Crippen LogP contribution in [0.25, 0.3) is 0 Å². The Balaban J connectivity index is 2.11. The molecule has 1 aromatic carbocycles. The van der Waals surface area contributed by atoms with Gasteiger partial charge in [-0.25, -0.2) is 0 Å². The van der Waals surface area contributed by atoms with Crippen molar-refractivity contribution in [2.45, 2.75) is 19.3 Å². The molecule has 0 bridgehead atoms. The minimum absolute atomic E-state index is 0.200. The quantitative estimate of drug-likeness (QED) is 0.785. The Morgan fingerprint density at radius 2 is 2.00 bits per heavy atom. The van der Waals surface area contributed by atoms with Crippen molar-refractivity contribution in [1.82, 2.24) is 0 Å². The van der Waals surface area contributed by atoms with Crippen molar-refractivity contribution < 1.29 is 4.79 Å². The number of carbonyl (C=O) groups is 1. The molecule has 1 aromatic rings. The predicted octanol–water partition coefficient (Wildman–Crippen LogP) is 1.86. The summed E-state index contributed by atoms with van der Waals surface area (Å²) in [6.45, 7) is 0.806. The van der Waals surface area contributed by atoms with E-state index in [-0.39, 0.29) is 11.0 Å². The van der Waals surface area contributed by atoms with Crippen LogP contribution in [0.3, 0.4) is 0 Å². The highest BCUT2D eigenvalue weighted by Gasteiger charge is 2.19. The summed E-state index contributed by atoms with van der Waals surface area (Å²) in [5.41, 5.74) is 7.16. The number of hydrogen-bond donors (Lipinski definition) is 2. The Morgan fingerprint density at radius 1 is 1.29 bits per heavy atom. The number of anilines is 2. The van der Waals surface area contributed by atoms with Crippen LogP contribution in [0.4, 0.5) is 11.4 Å². The van der Waals surface area contributed by atoms with Gasteiger partial charge in [-0.3, -0.25) is 4.79 Å². The minimum Gasteiger partial charge on any atom is -0.376 e. The Morgan fingerprint density at radius 3 is 2.59 bits per heavy atom. The maximum absolute atomic E-state index is 11.7. The number of carbonyl (C=O) groups excluding carboxylic acids is 1. The molecule has 90 valence electrons. The summed E-state index contributed by atoms with van der Waals surface area (Å²) in [7, 11) is 0. The van der Waals surface area contributed by atoms with Crippen molar-refractivity contribution in [1.29, 1.82) is 0 Å². The summed E-state index contributed by atoms with van der Waals surface area (Å²) in [6.07, 6.45) is 2.71. The van der Waals surface area contributed by atoms with E-state index in [2.05, 4.69) is 5.32 Å². The molecule has 1 aliphatic rings. The first-order chi connectivity index (χ1) is 8.16. The van der Waals surface area contributed by atoms with Gasteiger partial charge in [0, 0.05) is 24.3 Å². The number of nitrogens with two attached hydrogens (primary N) is 1. The Kier molecular flexibility index (Phi) is 3.58. The maximum Gasteiger partial charge on any atom is 0.226 e. The van der Waals surface area contributed by atoms with Gasteiger partial charge in [-0.15, -0.1) is 0 Å². The molecular weight excluding hydrogens is 234 g/mol. The van der Waals surface area contributed by atoms with Gasteiger partial charge in [-0.2, -0.15) is 0 Å². The first-order valence-corrected chi connectivity index (χ1v) is 6.04. The number of nitrogens with zero attached hydrogens (tertiary/aromatic N) is 1. The lowest BCUT2D eigenvalue weighted by molar-refractivity contribution is -0.119. The van der Waals surface area contributed by atoms with E-state index < -0.39 is 0 Å². The molecule has 0 spiro atoms. The summed E-state index contributed by atoms with van der Waals surface area (Å²) in [5.74, 6) is 0.200. The van der Waals surface area contributed by atoms with Crippen LogP contribution >= 0.6 is 12.2 Å². The number of amides is 1. The Bertz CT molecular complexity index is 430. The third-order valence-electron chi connectivity index (χ3n) is 2.77. The van der Waals surface area contributed by atoms with Crippen molar-refractivity contribution in [3.63, 3.8) is 0 Å². The molecule has 1 saturated heterocycles. The van der Waals surface area contributed by atoms with E-state index in [0.717, 1.165) is 30.8 Å². The molecule has 3 N–H and O–H groups in total. The molecule has 1 heterocycles. The summed E-state index contributed by atoms with van der Waals surface area (Å²) >= 11 is 4.76. The van der Waals surface area contributed by atoms with Crippen LogP contribution < -0.4 is 16.0 Å². The van der Waals surface area contributed by atoms with Gasteiger partial charge in [-0.05, 0) is 49.3 Å². The van der Waals surface area contributed by atoms with Gasteiger partial charge in [0.05, 0.1) is 0 Å². The van der Waals surface area contributed by atoms with Crippen molar-refractivity contribution in [3.8, 4) is 0 Å². The van der Waals surface area contributed by atoms with Gasteiger partial charge in [0.1, 0.15) is 0 Å². The lowest BCUT2D eigenvalue weighted by Gasteiger charge is -2.26. The van der Waals surface area contributed by atoms with Gasteiger partial charge in [-0.1, -0.05) is 0 Å². The van der Waals surface area contributed by atoms with Crippen LogP contribution in [0, 0.1) is 0 Å². The van der Waals surface area contributed by atoms with E-state index in [1.807, 2.05) is 29.2 Å². The fourth-order valence-corrected chi connectivity index (χ4v) is 2.06. The smallest absolute Gasteiger partial charge is 0.226 e. The van der Waals surface area contributed by atoms with Gasteiger partial charge in [0.15, 0.2) is 5.11 Å². The van der Waals surface area contributed by atoms with E-state index >= 15 is 0 Å². The molecule has 0 aliphatic carbocycles. The van der Waals surface area contributed by atoms with E-state index in [4.69, 9.17) is 18.0 Å².